The van der Waals surface area contributed by atoms with Crippen LogP contribution in [-0.4, -0.2) is 36.5 Å². The van der Waals surface area contributed by atoms with Crippen LogP contribution in [0.5, 0.6) is 0 Å². The van der Waals surface area contributed by atoms with Gasteiger partial charge in [-0.2, -0.15) is 0 Å². The van der Waals surface area contributed by atoms with Gasteiger partial charge in [0.15, 0.2) is 0 Å². The van der Waals surface area contributed by atoms with E-state index in [0.717, 1.165) is 12.1 Å². The van der Waals surface area contributed by atoms with E-state index < -0.39 is 0 Å². The number of amides is 1. The molecule has 1 N–H and O–H groups in total. The normalized spacial score (nSPS) is 17.8. The summed E-state index contributed by atoms with van der Waals surface area (Å²) in [4.78, 5) is 14.6. The van der Waals surface area contributed by atoms with Crippen molar-refractivity contribution in [2.75, 3.05) is 19.6 Å². The molecule has 2 rings (SSSR count). The van der Waals surface area contributed by atoms with E-state index in [-0.39, 0.29) is 5.91 Å². The van der Waals surface area contributed by atoms with Crippen LogP contribution in [0.1, 0.15) is 47.7 Å². The molecular weight excluding hydrogens is 248 g/mol. The SMILES string of the molecule is Cc1ccc(C(=O)NCC(C)N2CCCCC2)cc1C. The van der Waals surface area contributed by atoms with Crippen molar-refractivity contribution in [3.05, 3.63) is 34.9 Å². The van der Waals surface area contributed by atoms with Crippen molar-refractivity contribution in [1.82, 2.24) is 10.2 Å². The van der Waals surface area contributed by atoms with E-state index in [4.69, 9.17) is 0 Å². The van der Waals surface area contributed by atoms with Crippen LogP contribution in [0.4, 0.5) is 0 Å². The lowest BCUT2D eigenvalue weighted by Crippen LogP contribution is -2.44. The molecule has 0 saturated carbocycles. The Morgan fingerprint density at radius 2 is 1.90 bits per heavy atom. The van der Waals surface area contributed by atoms with Crippen molar-refractivity contribution in [2.45, 2.75) is 46.1 Å². The fourth-order valence-electron chi connectivity index (χ4n) is 2.71. The highest BCUT2D eigenvalue weighted by Crippen LogP contribution is 2.12. The highest BCUT2D eigenvalue weighted by atomic mass is 16.1. The molecule has 0 spiro atoms. The molecular formula is C17H26N2O. The number of hydrogen-bond acceptors (Lipinski definition) is 2. The van der Waals surface area contributed by atoms with Gasteiger partial charge in [-0.05, 0) is 70.0 Å². The van der Waals surface area contributed by atoms with Crippen molar-refractivity contribution in [1.29, 1.82) is 0 Å². The summed E-state index contributed by atoms with van der Waals surface area (Å²) in [6.07, 6.45) is 3.92. The minimum Gasteiger partial charge on any atom is -0.350 e. The first-order valence-electron chi connectivity index (χ1n) is 7.67. The highest BCUT2D eigenvalue weighted by molar-refractivity contribution is 5.94. The molecule has 0 radical (unpaired) electrons. The van der Waals surface area contributed by atoms with Gasteiger partial charge >= 0.3 is 0 Å². The molecule has 1 aliphatic rings. The Kier molecular flexibility index (Phi) is 5.18. The molecule has 1 amide bonds. The first-order valence-corrected chi connectivity index (χ1v) is 7.67. The van der Waals surface area contributed by atoms with Crippen LogP contribution in [0.2, 0.25) is 0 Å². The van der Waals surface area contributed by atoms with E-state index >= 15 is 0 Å². The zero-order chi connectivity index (χ0) is 14.5. The standard InChI is InChI=1S/C17H26N2O/c1-13-7-8-16(11-14(13)2)17(20)18-12-15(3)19-9-5-4-6-10-19/h7-8,11,15H,4-6,9-10,12H2,1-3H3,(H,18,20). The second-order valence-electron chi connectivity index (χ2n) is 5.95. The molecule has 1 aliphatic heterocycles. The number of carbonyl (C=O) groups is 1. The largest absolute Gasteiger partial charge is 0.350 e. The van der Waals surface area contributed by atoms with Gasteiger partial charge < -0.3 is 5.32 Å². The Labute approximate surface area is 122 Å². The zero-order valence-corrected chi connectivity index (χ0v) is 12.9. The molecule has 1 unspecified atom stereocenters. The Balaban J connectivity index is 1.86. The fraction of sp³-hybridized carbons (Fsp3) is 0.588. The van der Waals surface area contributed by atoms with E-state index in [1.54, 1.807) is 0 Å². The lowest BCUT2D eigenvalue weighted by Gasteiger charge is -2.32. The zero-order valence-electron chi connectivity index (χ0n) is 12.9. The maximum atomic E-state index is 12.2. The molecule has 1 aromatic carbocycles. The third-order valence-electron chi connectivity index (χ3n) is 4.34. The highest BCUT2D eigenvalue weighted by Gasteiger charge is 2.17. The average Bonchev–Trinajstić information content (AvgIpc) is 2.48. The Bertz CT molecular complexity index is 464. The van der Waals surface area contributed by atoms with Crippen molar-refractivity contribution in [3.63, 3.8) is 0 Å². The van der Waals surface area contributed by atoms with Gasteiger partial charge in [-0.25, -0.2) is 0 Å². The van der Waals surface area contributed by atoms with Gasteiger partial charge in [0.05, 0.1) is 0 Å². The summed E-state index contributed by atoms with van der Waals surface area (Å²) in [7, 11) is 0. The van der Waals surface area contributed by atoms with Crippen LogP contribution in [0.3, 0.4) is 0 Å². The minimum absolute atomic E-state index is 0.0389. The van der Waals surface area contributed by atoms with Crippen LogP contribution in [0.15, 0.2) is 18.2 Å². The number of hydrogen-bond donors (Lipinski definition) is 1. The average molecular weight is 274 g/mol. The van der Waals surface area contributed by atoms with Gasteiger partial charge in [-0.1, -0.05) is 12.5 Å². The van der Waals surface area contributed by atoms with Crippen LogP contribution < -0.4 is 5.32 Å². The smallest absolute Gasteiger partial charge is 0.251 e. The summed E-state index contributed by atoms with van der Waals surface area (Å²) in [5, 5.41) is 3.06. The quantitative estimate of drug-likeness (QED) is 0.915. The Morgan fingerprint density at radius 1 is 1.20 bits per heavy atom. The van der Waals surface area contributed by atoms with E-state index in [9.17, 15) is 4.79 Å². The van der Waals surface area contributed by atoms with Gasteiger partial charge in [0.2, 0.25) is 0 Å². The summed E-state index contributed by atoms with van der Waals surface area (Å²) >= 11 is 0. The van der Waals surface area contributed by atoms with Crippen LogP contribution >= 0.6 is 0 Å². The number of carbonyl (C=O) groups excluding carboxylic acids is 1. The third kappa shape index (κ3) is 3.83. The minimum atomic E-state index is 0.0389. The number of aryl methyl sites for hydroxylation is 2. The first kappa shape index (κ1) is 15.0. The van der Waals surface area contributed by atoms with Crippen LogP contribution in [0, 0.1) is 13.8 Å². The second-order valence-corrected chi connectivity index (χ2v) is 5.95. The molecule has 1 atom stereocenters. The molecule has 1 saturated heterocycles. The lowest BCUT2D eigenvalue weighted by atomic mass is 10.1. The predicted molar refractivity (Wildman–Crippen MR) is 83.1 cm³/mol. The molecule has 3 nitrogen and oxygen atoms in total. The predicted octanol–water partition coefficient (Wildman–Crippen LogP) is 2.91. The summed E-state index contributed by atoms with van der Waals surface area (Å²) in [5.41, 5.74) is 3.16. The molecule has 110 valence electrons. The molecule has 3 heteroatoms. The first-order chi connectivity index (χ1) is 9.58. The van der Waals surface area contributed by atoms with Gasteiger partial charge in [-0.3, -0.25) is 9.69 Å². The maximum Gasteiger partial charge on any atom is 0.251 e. The summed E-state index contributed by atoms with van der Waals surface area (Å²) in [5.74, 6) is 0.0389. The molecule has 0 aromatic heterocycles. The van der Waals surface area contributed by atoms with Crippen molar-refractivity contribution >= 4 is 5.91 Å². The third-order valence-corrected chi connectivity index (χ3v) is 4.34. The van der Waals surface area contributed by atoms with Gasteiger partial charge in [0.1, 0.15) is 0 Å². The number of nitrogens with zero attached hydrogens (tertiary/aromatic N) is 1. The summed E-state index contributed by atoms with van der Waals surface area (Å²) < 4.78 is 0. The topological polar surface area (TPSA) is 32.3 Å². The molecule has 1 heterocycles. The Morgan fingerprint density at radius 3 is 2.55 bits per heavy atom. The van der Waals surface area contributed by atoms with Crippen molar-refractivity contribution < 1.29 is 4.79 Å². The second kappa shape index (κ2) is 6.89. The molecule has 20 heavy (non-hydrogen) atoms. The summed E-state index contributed by atoms with van der Waals surface area (Å²) in [6, 6.07) is 6.31. The van der Waals surface area contributed by atoms with Crippen LogP contribution in [0.25, 0.3) is 0 Å². The fourth-order valence-corrected chi connectivity index (χ4v) is 2.71. The van der Waals surface area contributed by atoms with E-state index in [0.29, 0.717) is 6.04 Å². The van der Waals surface area contributed by atoms with Crippen molar-refractivity contribution in [3.8, 4) is 0 Å². The lowest BCUT2D eigenvalue weighted by molar-refractivity contribution is 0.0930. The number of nitrogens with one attached hydrogen (secondary N) is 1. The number of likely N-dealkylation sites (tertiary alicyclic amines) is 1. The Hall–Kier alpha value is -1.35. The molecule has 0 aliphatic carbocycles. The van der Waals surface area contributed by atoms with E-state index in [1.807, 2.05) is 25.1 Å². The van der Waals surface area contributed by atoms with Gasteiger partial charge in [-0.15, -0.1) is 0 Å². The van der Waals surface area contributed by atoms with Gasteiger partial charge in [0, 0.05) is 18.2 Å². The number of piperidine rings is 1. The maximum absolute atomic E-state index is 12.2. The van der Waals surface area contributed by atoms with Gasteiger partial charge in [0.25, 0.3) is 5.91 Å². The van der Waals surface area contributed by atoms with Crippen LogP contribution in [-0.2, 0) is 0 Å². The summed E-state index contributed by atoms with van der Waals surface area (Å²) in [6.45, 7) is 9.37. The molecule has 1 aromatic rings. The van der Waals surface area contributed by atoms with E-state index in [1.165, 1.54) is 43.5 Å². The number of benzene rings is 1. The van der Waals surface area contributed by atoms with Crippen molar-refractivity contribution in [2.24, 2.45) is 0 Å². The number of rotatable bonds is 4. The molecule has 1 fully saturated rings. The monoisotopic (exact) mass is 274 g/mol. The molecule has 0 bridgehead atoms. The van der Waals surface area contributed by atoms with E-state index in [2.05, 4.69) is 24.1 Å².